The maximum atomic E-state index is 12.7. The van der Waals surface area contributed by atoms with Crippen LogP contribution < -0.4 is 10.6 Å². The van der Waals surface area contributed by atoms with Crippen LogP contribution in [-0.4, -0.2) is 55.5 Å². The van der Waals surface area contributed by atoms with E-state index < -0.39 is 24.2 Å². The average Bonchev–Trinajstić information content (AvgIpc) is 3.16. The molecule has 0 fully saturated rings. The molecule has 2 atom stereocenters. The molecule has 0 aliphatic heterocycles. The predicted molar refractivity (Wildman–Crippen MR) is 128 cm³/mol. The molecule has 8 nitrogen and oxygen atoms in total. The van der Waals surface area contributed by atoms with Crippen molar-refractivity contribution in [2.24, 2.45) is 0 Å². The van der Waals surface area contributed by atoms with E-state index in [0.29, 0.717) is 25.8 Å². The number of hydrogen-bond donors (Lipinski definition) is 3. The Morgan fingerprint density at radius 3 is 2.18 bits per heavy atom. The van der Waals surface area contributed by atoms with Gasteiger partial charge in [-0.3, -0.25) is 9.59 Å². The summed E-state index contributed by atoms with van der Waals surface area (Å²) in [5.41, 5.74) is 4.50. The predicted octanol–water partition coefficient (Wildman–Crippen LogP) is 3.69. The normalized spacial score (nSPS) is 13.9. The fraction of sp³-hybridized carbons (Fsp3) is 0.423. The number of alkyl carbamates (subject to hydrolysis) is 1. The first kappa shape index (κ1) is 25.2. The average molecular weight is 469 g/mol. The lowest BCUT2D eigenvalue weighted by atomic mass is 9.98. The van der Waals surface area contributed by atoms with Crippen LogP contribution in [0.4, 0.5) is 4.79 Å². The number of benzene rings is 2. The van der Waals surface area contributed by atoms with Gasteiger partial charge in [0.15, 0.2) is 0 Å². The number of methoxy groups -OCH3 is 1. The number of ether oxygens (including phenoxy) is 2. The highest BCUT2D eigenvalue weighted by Gasteiger charge is 2.31. The van der Waals surface area contributed by atoms with E-state index in [2.05, 4.69) is 22.8 Å². The quantitative estimate of drug-likeness (QED) is 0.410. The molecular weight excluding hydrogens is 436 g/mol. The maximum Gasteiger partial charge on any atom is 0.407 e. The van der Waals surface area contributed by atoms with Crippen molar-refractivity contribution in [2.45, 2.75) is 50.7 Å². The molecule has 2 aromatic carbocycles. The number of carbonyl (C=O) groups is 3. The Morgan fingerprint density at radius 1 is 0.971 bits per heavy atom. The van der Waals surface area contributed by atoms with Gasteiger partial charge in [0.1, 0.15) is 12.6 Å². The smallest absolute Gasteiger partial charge is 0.407 e. The Bertz CT molecular complexity index is 963. The van der Waals surface area contributed by atoms with Crippen LogP contribution in [0.25, 0.3) is 11.1 Å². The summed E-state index contributed by atoms with van der Waals surface area (Å²) < 4.78 is 10.8. The number of amides is 2. The second-order valence-corrected chi connectivity index (χ2v) is 8.38. The molecule has 2 amide bonds. The monoisotopic (exact) mass is 468 g/mol. The van der Waals surface area contributed by atoms with Crippen molar-refractivity contribution >= 4 is 18.0 Å². The van der Waals surface area contributed by atoms with Gasteiger partial charge in [0.05, 0.1) is 6.10 Å². The van der Waals surface area contributed by atoms with E-state index >= 15 is 0 Å². The summed E-state index contributed by atoms with van der Waals surface area (Å²) in [5.74, 6) is -1.28. The summed E-state index contributed by atoms with van der Waals surface area (Å²) in [7, 11) is 1.47. The first-order valence-corrected chi connectivity index (χ1v) is 11.6. The molecule has 1 aliphatic rings. The van der Waals surface area contributed by atoms with Crippen LogP contribution in [0.1, 0.15) is 49.7 Å². The van der Waals surface area contributed by atoms with Crippen molar-refractivity contribution in [3.63, 3.8) is 0 Å². The zero-order valence-electron chi connectivity index (χ0n) is 19.6. The third-order valence-corrected chi connectivity index (χ3v) is 6.11. The van der Waals surface area contributed by atoms with Gasteiger partial charge in [-0.25, -0.2) is 4.79 Å². The molecule has 0 radical (unpaired) electrons. The lowest BCUT2D eigenvalue weighted by Gasteiger charge is -2.23. The maximum absolute atomic E-state index is 12.7. The van der Waals surface area contributed by atoms with E-state index in [1.807, 2.05) is 36.4 Å². The number of carboxylic acids is 1. The highest BCUT2D eigenvalue weighted by molar-refractivity contribution is 5.86. The summed E-state index contributed by atoms with van der Waals surface area (Å²) >= 11 is 0. The van der Waals surface area contributed by atoms with Gasteiger partial charge < -0.3 is 25.2 Å². The Kier molecular flexibility index (Phi) is 9.04. The Morgan fingerprint density at radius 2 is 1.59 bits per heavy atom. The molecule has 0 saturated heterocycles. The lowest BCUT2D eigenvalue weighted by molar-refractivity contribution is -0.137. The van der Waals surface area contributed by atoms with Gasteiger partial charge in [0.25, 0.3) is 0 Å². The molecule has 2 unspecified atom stereocenters. The molecule has 8 heteroatoms. The largest absolute Gasteiger partial charge is 0.481 e. The van der Waals surface area contributed by atoms with Crippen LogP contribution in [0.15, 0.2) is 48.5 Å². The fourth-order valence-corrected chi connectivity index (χ4v) is 4.20. The van der Waals surface area contributed by atoms with Crippen molar-refractivity contribution in [2.75, 3.05) is 20.3 Å². The van der Waals surface area contributed by atoms with Gasteiger partial charge in [0, 0.05) is 26.0 Å². The summed E-state index contributed by atoms with van der Waals surface area (Å²) in [6, 6.07) is 15.2. The number of aliphatic carboxylic acids is 1. The number of nitrogens with one attached hydrogen (secondary N) is 2. The van der Waals surface area contributed by atoms with Crippen molar-refractivity contribution < 1.29 is 29.0 Å². The Labute approximate surface area is 199 Å². The van der Waals surface area contributed by atoms with Crippen molar-refractivity contribution in [3.05, 3.63) is 59.7 Å². The standard InChI is InChI=1S/C26H32N2O6/c1-17(33-2)24(25(31)27-15-9-3-4-14-23(29)30)28-26(32)34-16-22-20-12-7-5-10-18(20)19-11-6-8-13-21(19)22/h5-8,10-13,17,22,24H,3-4,9,14-16H2,1-2H3,(H,27,31)(H,28,32)(H,29,30). The molecule has 0 aromatic heterocycles. The lowest BCUT2D eigenvalue weighted by Crippen LogP contribution is -2.53. The van der Waals surface area contributed by atoms with E-state index in [4.69, 9.17) is 14.6 Å². The summed E-state index contributed by atoms with van der Waals surface area (Å²) in [6.07, 6.45) is 0.760. The van der Waals surface area contributed by atoms with E-state index in [-0.39, 0.29) is 24.9 Å². The molecule has 1 aliphatic carbocycles. The topological polar surface area (TPSA) is 114 Å². The summed E-state index contributed by atoms with van der Waals surface area (Å²) in [6.45, 7) is 2.23. The van der Waals surface area contributed by atoms with Gasteiger partial charge in [-0.2, -0.15) is 0 Å². The van der Waals surface area contributed by atoms with Crippen LogP contribution in [0.5, 0.6) is 0 Å². The molecule has 0 heterocycles. The van der Waals surface area contributed by atoms with Crippen molar-refractivity contribution in [3.8, 4) is 11.1 Å². The minimum absolute atomic E-state index is 0.0731. The molecule has 3 N–H and O–H groups in total. The van der Waals surface area contributed by atoms with Crippen LogP contribution in [0, 0.1) is 0 Å². The molecule has 2 aromatic rings. The molecule has 182 valence electrons. The second kappa shape index (κ2) is 12.2. The zero-order valence-corrected chi connectivity index (χ0v) is 19.6. The van der Waals surface area contributed by atoms with Gasteiger partial charge in [0.2, 0.25) is 5.91 Å². The van der Waals surface area contributed by atoms with Gasteiger partial charge in [-0.1, -0.05) is 55.0 Å². The number of carboxylic acid groups (broad SMARTS) is 1. The van der Waals surface area contributed by atoms with Gasteiger partial charge >= 0.3 is 12.1 Å². The van der Waals surface area contributed by atoms with E-state index in [1.54, 1.807) is 6.92 Å². The highest BCUT2D eigenvalue weighted by atomic mass is 16.5. The third kappa shape index (κ3) is 6.35. The Hall–Kier alpha value is -3.39. The van der Waals surface area contributed by atoms with Crippen molar-refractivity contribution in [1.29, 1.82) is 0 Å². The van der Waals surface area contributed by atoms with Crippen LogP contribution >= 0.6 is 0 Å². The first-order valence-electron chi connectivity index (χ1n) is 11.6. The molecule has 0 bridgehead atoms. The second-order valence-electron chi connectivity index (χ2n) is 8.38. The number of fused-ring (bicyclic) bond motifs is 3. The number of hydrogen-bond acceptors (Lipinski definition) is 5. The van der Waals surface area contributed by atoms with E-state index in [1.165, 1.54) is 7.11 Å². The zero-order chi connectivity index (χ0) is 24.5. The van der Waals surface area contributed by atoms with Gasteiger partial charge in [-0.05, 0) is 42.0 Å². The first-order chi connectivity index (χ1) is 16.4. The Balaban J connectivity index is 1.54. The van der Waals surface area contributed by atoms with Crippen LogP contribution in [-0.2, 0) is 19.1 Å². The van der Waals surface area contributed by atoms with Gasteiger partial charge in [-0.15, -0.1) is 0 Å². The molecule has 0 spiro atoms. The number of unbranched alkanes of at least 4 members (excludes halogenated alkanes) is 2. The fourth-order valence-electron chi connectivity index (χ4n) is 4.20. The van der Waals surface area contributed by atoms with Crippen LogP contribution in [0.2, 0.25) is 0 Å². The third-order valence-electron chi connectivity index (χ3n) is 6.11. The minimum Gasteiger partial charge on any atom is -0.481 e. The number of carbonyl (C=O) groups excluding carboxylic acids is 2. The SMILES string of the molecule is COC(C)C(NC(=O)OCC1c2ccccc2-c2ccccc21)C(=O)NCCCCCC(=O)O. The molecule has 0 saturated carbocycles. The van der Waals surface area contributed by atoms with E-state index in [9.17, 15) is 14.4 Å². The summed E-state index contributed by atoms with van der Waals surface area (Å²) in [4.78, 5) is 35.8. The summed E-state index contributed by atoms with van der Waals surface area (Å²) in [5, 5.41) is 14.1. The number of rotatable bonds is 12. The molecule has 34 heavy (non-hydrogen) atoms. The molecular formula is C26H32N2O6. The van der Waals surface area contributed by atoms with Crippen LogP contribution in [0.3, 0.4) is 0 Å². The molecule has 3 rings (SSSR count). The van der Waals surface area contributed by atoms with E-state index in [0.717, 1.165) is 22.3 Å². The minimum atomic E-state index is -0.917. The van der Waals surface area contributed by atoms with Crippen molar-refractivity contribution in [1.82, 2.24) is 10.6 Å². The highest BCUT2D eigenvalue weighted by Crippen LogP contribution is 2.44.